The third kappa shape index (κ3) is 1.43. The SMILES string of the molecule is BC1CCN(B)C2=C1N(B)CCN2B. The van der Waals surface area contributed by atoms with E-state index in [9.17, 15) is 0 Å². The first kappa shape index (κ1) is 9.94. The van der Waals surface area contributed by atoms with Gasteiger partial charge in [-0.2, -0.15) is 0 Å². The summed E-state index contributed by atoms with van der Waals surface area (Å²) in [4.78, 5) is 7.21. The quantitative estimate of drug-likeness (QED) is 0.364. The van der Waals surface area contributed by atoms with Gasteiger partial charge in [0.1, 0.15) is 7.85 Å². The van der Waals surface area contributed by atoms with E-state index in [1.807, 2.05) is 0 Å². The first-order chi connectivity index (χ1) is 6.61. The molecule has 7 heteroatoms. The number of nitrogens with zero attached hydrogens (tertiary/aromatic N) is 3. The second-order valence-electron chi connectivity index (χ2n) is 4.66. The van der Waals surface area contributed by atoms with Gasteiger partial charge < -0.3 is 14.4 Å². The first-order valence-corrected chi connectivity index (χ1v) is 5.49. The molecule has 2 rings (SSSR count). The molecule has 3 nitrogen and oxygen atoms in total. The van der Waals surface area contributed by atoms with E-state index in [0.29, 0.717) is 5.82 Å². The summed E-state index contributed by atoms with van der Waals surface area (Å²) in [7, 11) is 8.98. The zero-order chi connectivity index (χ0) is 10.3. The van der Waals surface area contributed by atoms with Crippen LogP contribution in [-0.2, 0) is 0 Å². The molecule has 0 aromatic rings. The minimum Gasteiger partial charge on any atom is -0.421 e. The number of hydrogen-bond donors (Lipinski definition) is 0. The molecule has 2 aliphatic heterocycles. The van der Waals surface area contributed by atoms with Crippen molar-refractivity contribution in [1.29, 1.82) is 0 Å². The molecule has 0 N–H and O–H groups in total. The lowest BCUT2D eigenvalue weighted by molar-refractivity contribution is 0.283. The highest BCUT2D eigenvalue weighted by Crippen LogP contribution is 2.33. The Hall–Kier alpha value is -0.600. The standard InChI is InChI=1S/C7H17B4N3/c8-5-1-2-13(10)7-6(5)12(9)3-4-14(7)11/h5H,1-4,8-11H2. The molecule has 0 aliphatic carbocycles. The molecule has 0 radical (unpaired) electrons. The van der Waals surface area contributed by atoms with Crippen molar-refractivity contribution >= 4 is 31.8 Å². The first-order valence-electron chi connectivity index (χ1n) is 5.49. The summed E-state index contributed by atoms with van der Waals surface area (Å²) in [5.74, 6) is 2.16. The smallest absolute Gasteiger partial charge is 0.219 e. The Morgan fingerprint density at radius 2 is 1.50 bits per heavy atom. The molecule has 0 aromatic heterocycles. The normalized spacial score (nSPS) is 28.0. The van der Waals surface area contributed by atoms with Gasteiger partial charge in [-0.05, 0) is 12.2 Å². The predicted molar refractivity (Wildman–Crippen MR) is 69.7 cm³/mol. The van der Waals surface area contributed by atoms with Crippen LogP contribution < -0.4 is 0 Å². The average molecular weight is 186 g/mol. The van der Waals surface area contributed by atoms with Crippen molar-refractivity contribution in [2.24, 2.45) is 0 Å². The third-order valence-corrected chi connectivity index (χ3v) is 3.50. The lowest BCUT2D eigenvalue weighted by atomic mass is 9.76. The van der Waals surface area contributed by atoms with Crippen LogP contribution in [-0.4, -0.2) is 65.9 Å². The topological polar surface area (TPSA) is 9.72 Å². The van der Waals surface area contributed by atoms with Crippen molar-refractivity contribution in [3.8, 4) is 0 Å². The number of allylic oxidation sites excluding steroid dienone is 1. The second-order valence-corrected chi connectivity index (χ2v) is 4.66. The molecular formula is C7H17B4N3. The Labute approximate surface area is 90.2 Å². The van der Waals surface area contributed by atoms with Crippen LogP contribution in [0, 0.1) is 0 Å². The molecule has 0 spiro atoms. The molecule has 1 unspecified atom stereocenters. The fourth-order valence-corrected chi connectivity index (χ4v) is 2.61. The molecule has 0 fully saturated rings. The zero-order valence-corrected chi connectivity index (χ0v) is 9.75. The Morgan fingerprint density at radius 1 is 0.929 bits per heavy atom. The monoisotopic (exact) mass is 187 g/mol. The predicted octanol–water partition coefficient (Wildman–Crippen LogP) is -3.46. The van der Waals surface area contributed by atoms with Gasteiger partial charge in [-0.3, -0.25) is 0 Å². The van der Waals surface area contributed by atoms with Crippen LogP contribution in [0.25, 0.3) is 0 Å². The van der Waals surface area contributed by atoms with Gasteiger partial charge in [0.2, 0.25) is 23.9 Å². The van der Waals surface area contributed by atoms with Crippen molar-refractivity contribution in [2.75, 3.05) is 19.6 Å². The van der Waals surface area contributed by atoms with Crippen LogP contribution in [0.2, 0.25) is 5.82 Å². The highest BCUT2D eigenvalue weighted by Gasteiger charge is 2.29. The Balaban J connectivity index is 2.40. The van der Waals surface area contributed by atoms with E-state index >= 15 is 0 Å². The van der Waals surface area contributed by atoms with Crippen molar-refractivity contribution in [2.45, 2.75) is 12.2 Å². The molecule has 2 heterocycles. The van der Waals surface area contributed by atoms with Gasteiger partial charge in [-0.1, -0.05) is 0 Å². The summed E-state index contributed by atoms with van der Waals surface area (Å²) in [6.45, 7) is 3.50. The van der Waals surface area contributed by atoms with Crippen LogP contribution in [0.1, 0.15) is 6.42 Å². The maximum absolute atomic E-state index is 2.43. The van der Waals surface area contributed by atoms with E-state index in [2.05, 4.69) is 46.2 Å². The van der Waals surface area contributed by atoms with Gasteiger partial charge in [-0.15, -0.1) is 0 Å². The Bertz CT molecular complexity index is 220. The fourth-order valence-electron chi connectivity index (χ4n) is 2.61. The summed E-state index contributed by atoms with van der Waals surface area (Å²) in [6, 6.07) is 0. The maximum Gasteiger partial charge on any atom is 0.219 e. The Morgan fingerprint density at radius 3 is 2.14 bits per heavy atom. The molecule has 0 saturated heterocycles. The van der Waals surface area contributed by atoms with Crippen LogP contribution in [0.15, 0.2) is 11.5 Å². The lowest BCUT2D eigenvalue weighted by Gasteiger charge is -2.47. The van der Waals surface area contributed by atoms with E-state index in [0.717, 1.165) is 13.1 Å². The highest BCUT2D eigenvalue weighted by molar-refractivity contribution is 6.16. The van der Waals surface area contributed by atoms with Gasteiger partial charge in [0, 0.05) is 25.3 Å². The lowest BCUT2D eigenvalue weighted by Crippen LogP contribution is -2.48. The van der Waals surface area contributed by atoms with Gasteiger partial charge >= 0.3 is 0 Å². The number of rotatable bonds is 0. The zero-order valence-electron chi connectivity index (χ0n) is 9.75. The summed E-state index contributed by atoms with van der Waals surface area (Å²) in [5.41, 5.74) is 1.53. The maximum atomic E-state index is 2.43. The van der Waals surface area contributed by atoms with Gasteiger partial charge in [0.05, 0.1) is 5.82 Å². The van der Waals surface area contributed by atoms with E-state index < -0.39 is 0 Å². The molecule has 72 valence electrons. The van der Waals surface area contributed by atoms with Crippen LogP contribution >= 0.6 is 0 Å². The molecule has 0 bridgehead atoms. The minimum absolute atomic E-state index is 0.717. The second kappa shape index (κ2) is 3.52. The molecule has 2 aliphatic rings. The third-order valence-electron chi connectivity index (χ3n) is 3.50. The van der Waals surface area contributed by atoms with Gasteiger partial charge in [0.25, 0.3) is 0 Å². The van der Waals surface area contributed by atoms with Crippen LogP contribution in [0.3, 0.4) is 0 Å². The molecule has 0 aromatic carbocycles. The highest BCUT2D eigenvalue weighted by atomic mass is 15.3. The van der Waals surface area contributed by atoms with Gasteiger partial charge in [-0.25, -0.2) is 0 Å². The largest absolute Gasteiger partial charge is 0.421 e. The molecule has 0 saturated carbocycles. The summed E-state index contributed by atoms with van der Waals surface area (Å²) in [5, 5.41) is 0. The van der Waals surface area contributed by atoms with E-state index in [1.54, 1.807) is 0 Å². The van der Waals surface area contributed by atoms with Crippen molar-refractivity contribution in [3.63, 3.8) is 0 Å². The van der Waals surface area contributed by atoms with E-state index in [-0.39, 0.29) is 0 Å². The van der Waals surface area contributed by atoms with Gasteiger partial charge in [0.15, 0.2) is 0 Å². The van der Waals surface area contributed by atoms with E-state index in [4.69, 9.17) is 0 Å². The van der Waals surface area contributed by atoms with E-state index in [1.165, 1.54) is 24.5 Å². The molecule has 0 amide bonds. The molecule has 1 atom stereocenters. The average Bonchev–Trinajstić information content (AvgIpc) is 2.16. The summed E-state index contributed by atoms with van der Waals surface area (Å²) in [6.07, 6.45) is 1.29. The molecule has 14 heavy (non-hydrogen) atoms. The van der Waals surface area contributed by atoms with Crippen molar-refractivity contribution < 1.29 is 0 Å². The van der Waals surface area contributed by atoms with Crippen molar-refractivity contribution in [3.05, 3.63) is 11.5 Å². The molecular weight excluding hydrogens is 169 g/mol. The van der Waals surface area contributed by atoms with Crippen LogP contribution in [0.4, 0.5) is 0 Å². The van der Waals surface area contributed by atoms with Crippen LogP contribution in [0.5, 0.6) is 0 Å². The fraction of sp³-hybridized carbons (Fsp3) is 0.714. The minimum atomic E-state index is 0.717. The van der Waals surface area contributed by atoms with Crippen molar-refractivity contribution in [1.82, 2.24) is 14.4 Å². The number of hydrogen-bond acceptors (Lipinski definition) is 3. The Kier molecular flexibility index (Phi) is 2.50. The summed E-state index contributed by atoms with van der Waals surface area (Å²) >= 11 is 0. The summed E-state index contributed by atoms with van der Waals surface area (Å²) < 4.78 is 0.